The molecule has 0 aromatic carbocycles. The Morgan fingerprint density at radius 1 is 1.50 bits per heavy atom. The van der Waals surface area contributed by atoms with Gasteiger partial charge < -0.3 is 9.32 Å². The summed E-state index contributed by atoms with van der Waals surface area (Å²) in [5, 5.41) is 13.1. The molecule has 0 radical (unpaired) electrons. The molecule has 6 heteroatoms. The Morgan fingerprint density at radius 2 is 2.40 bits per heavy atom. The lowest BCUT2D eigenvalue weighted by Gasteiger charge is -2.15. The lowest BCUT2D eigenvalue weighted by Crippen LogP contribution is -2.24. The predicted molar refractivity (Wildman–Crippen MR) is 72.0 cm³/mol. The van der Waals surface area contributed by atoms with E-state index in [9.17, 15) is 0 Å². The maximum atomic E-state index is 8.83. The van der Waals surface area contributed by atoms with Crippen molar-refractivity contribution in [2.75, 3.05) is 19.6 Å². The van der Waals surface area contributed by atoms with Gasteiger partial charge in [0.25, 0.3) is 0 Å². The number of nitrogens with zero attached hydrogens (tertiary/aromatic N) is 5. The van der Waals surface area contributed by atoms with Crippen molar-refractivity contribution in [2.45, 2.75) is 25.8 Å². The molecular weight excluding hydrogens is 254 g/mol. The van der Waals surface area contributed by atoms with Crippen LogP contribution >= 0.6 is 0 Å². The van der Waals surface area contributed by atoms with Gasteiger partial charge in [-0.1, -0.05) is 0 Å². The standard InChI is InChI=1S/C14H17N5O/c1-11-16-8-14(20-11)3-5-18-4-2-13(10-18)19-9-12(6-15)7-17-19/h7-9,13H,2-5,10H2,1H3. The molecule has 3 rings (SSSR count). The molecule has 1 fully saturated rings. The number of hydrogen-bond acceptors (Lipinski definition) is 5. The average molecular weight is 271 g/mol. The van der Waals surface area contributed by atoms with Gasteiger partial charge in [-0.05, 0) is 6.42 Å². The second-order valence-electron chi connectivity index (χ2n) is 5.16. The van der Waals surface area contributed by atoms with Crippen molar-refractivity contribution in [3.63, 3.8) is 0 Å². The number of rotatable bonds is 4. The molecule has 104 valence electrons. The smallest absolute Gasteiger partial charge is 0.191 e. The normalized spacial score (nSPS) is 19.3. The Hall–Kier alpha value is -2.13. The highest BCUT2D eigenvalue weighted by molar-refractivity contribution is 5.22. The second kappa shape index (κ2) is 5.47. The van der Waals surface area contributed by atoms with Gasteiger partial charge in [-0.3, -0.25) is 4.68 Å². The highest BCUT2D eigenvalue weighted by Crippen LogP contribution is 2.21. The van der Waals surface area contributed by atoms with Gasteiger partial charge in [-0.15, -0.1) is 0 Å². The first-order valence-corrected chi connectivity index (χ1v) is 6.82. The highest BCUT2D eigenvalue weighted by Gasteiger charge is 2.24. The lowest BCUT2D eigenvalue weighted by molar-refractivity contribution is 0.312. The summed E-state index contributed by atoms with van der Waals surface area (Å²) in [5.41, 5.74) is 0.626. The fourth-order valence-electron chi connectivity index (χ4n) is 2.62. The second-order valence-corrected chi connectivity index (χ2v) is 5.16. The molecule has 2 aromatic heterocycles. The van der Waals surface area contributed by atoms with Gasteiger partial charge in [0.15, 0.2) is 5.89 Å². The van der Waals surface area contributed by atoms with E-state index >= 15 is 0 Å². The number of aryl methyl sites for hydroxylation is 1. The Balaban J connectivity index is 1.53. The van der Waals surface area contributed by atoms with E-state index in [4.69, 9.17) is 9.68 Å². The minimum Gasteiger partial charge on any atom is -0.446 e. The van der Waals surface area contributed by atoms with Crippen LogP contribution in [0, 0.1) is 18.3 Å². The van der Waals surface area contributed by atoms with E-state index in [2.05, 4.69) is 21.1 Å². The van der Waals surface area contributed by atoms with Crippen LogP contribution in [0.3, 0.4) is 0 Å². The minimum absolute atomic E-state index is 0.369. The van der Waals surface area contributed by atoms with Crippen LogP contribution in [0.5, 0.6) is 0 Å². The van der Waals surface area contributed by atoms with E-state index < -0.39 is 0 Å². The zero-order valence-corrected chi connectivity index (χ0v) is 11.5. The van der Waals surface area contributed by atoms with Crippen molar-refractivity contribution < 1.29 is 4.42 Å². The van der Waals surface area contributed by atoms with Crippen LogP contribution in [0.1, 0.15) is 29.7 Å². The first-order chi connectivity index (χ1) is 9.74. The molecule has 1 saturated heterocycles. The Labute approximate surface area is 117 Å². The highest BCUT2D eigenvalue weighted by atomic mass is 16.3. The van der Waals surface area contributed by atoms with Crippen molar-refractivity contribution in [3.05, 3.63) is 35.8 Å². The average Bonchev–Trinajstić information content (AvgIpc) is 3.16. The van der Waals surface area contributed by atoms with Crippen molar-refractivity contribution in [2.24, 2.45) is 0 Å². The largest absolute Gasteiger partial charge is 0.446 e. The van der Waals surface area contributed by atoms with Crippen molar-refractivity contribution >= 4 is 0 Å². The third-order valence-electron chi connectivity index (χ3n) is 3.70. The summed E-state index contributed by atoms with van der Waals surface area (Å²) in [6.45, 7) is 4.86. The van der Waals surface area contributed by atoms with Gasteiger partial charge in [0.1, 0.15) is 11.8 Å². The molecule has 0 aliphatic carbocycles. The van der Waals surface area contributed by atoms with Crippen LogP contribution in [0.4, 0.5) is 0 Å². The summed E-state index contributed by atoms with van der Waals surface area (Å²) in [6, 6.07) is 2.48. The summed E-state index contributed by atoms with van der Waals surface area (Å²) < 4.78 is 7.40. The summed E-state index contributed by atoms with van der Waals surface area (Å²) in [7, 11) is 0. The van der Waals surface area contributed by atoms with Crippen LogP contribution in [0.2, 0.25) is 0 Å². The van der Waals surface area contributed by atoms with Gasteiger partial charge in [0, 0.05) is 39.2 Å². The fraction of sp³-hybridized carbons (Fsp3) is 0.500. The number of nitriles is 1. The minimum atomic E-state index is 0.369. The van der Waals surface area contributed by atoms with Gasteiger partial charge in [0.05, 0.1) is 24.0 Å². The Kier molecular flexibility index (Phi) is 3.52. The van der Waals surface area contributed by atoms with Gasteiger partial charge >= 0.3 is 0 Å². The van der Waals surface area contributed by atoms with E-state index in [1.807, 2.05) is 17.8 Å². The Bertz CT molecular complexity index is 624. The number of hydrogen-bond donors (Lipinski definition) is 0. The van der Waals surface area contributed by atoms with Crippen molar-refractivity contribution in [3.8, 4) is 6.07 Å². The molecule has 6 nitrogen and oxygen atoms in total. The molecule has 1 atom stereocenters. The third kappa shape index (κ3) is 2.73. The molecule has 2 aromatic rings. The monoisotopic (exact) mass is 271 g/mol. The predicted octanol–water partition coefficient (Wildman–Crippen LogP) is 1.54. The van der Waals surface area contributed by atoms with Crippen LogP contribution < -0.4 is 0 Å². The van der Waals surface area contributed by atoms with E-state index in [0.717, 1.165) is 44.1 Å². The van der Waals surface area contributed by atoms with Crippen LogP contribution in [-0.2, 0) is 6.42 Å². The lowest BCUT2D eigenvalue weighted by atomic mass is 10.3. The van der Waals surface area contributed by atoms with E-state index in [-0.39, 0.29) is 0 Å². The summed E-state index contributed by atoms with van der Waals surface area (Å²) >= 11 is 0. The first kappa shape index (κ1) is 12.9. The summed E-state index contributed by atoms with van der Waals surface area (Å²) in [4.78, 5) is 6.51. The molecule has 0 amide bonds. The van der Waals surface area contributed by atoms with Crippen LogP contribution in [0.15, 0.2) is 23.0 Å². The number of aromatic nitrogens is 3. The summed E-state index contributed by atoms with van der Waals surface area (Å²) in [6.07, 6.45) is 7.21. The zero-order valence-electron chi connectivity index (χ0n) is 11.5. The zero-order chi connectivity index (χ0) is 13.9. The van der Waals surface area contributed by atoms with Gasteiger partial charge in [0.2, 0.25) is 0 Å². The van der Waals surface area contributed by atoms with E-state index in [1.165, 1.54) is 0 Å². The first-order valence-electron chi connectivity index (χ1n) is 6.82. The molecule has 1 unspecified atom stereocenters. The molecule has 0 saturated carbocycles. The van der Waals surface area contributed by atoms with Gasteiger partial charge in [-0.2, -0.15) is 10.4 Å². The molecular formula is C14H17N5O. The summed E-state index contributed by atoms with van der Waals surface area (Å²) in [5.74, 6) is 1.66. The Morgan fingerprint density at radius 3 is 3.10 bits per heavy atom. The van der Waals surface area contributed by atoms with Crippen molar-refractivity contribution in [1.29, 1.82) is 5.26 Å². The molecule has 0 bridgehead atoms. The fourth-order valence-corrected chi connectivity index (χ4v) is 2.62. The van der Waals surface area contributed by atoms with E-state index in [1.54, 1.807) is 12.4 Å². The quantitative estimate of drug-likeness (QED) is 0.843. The topological polar surface area (TPSA) is 70.9 Å². The SMILES string of the molecule is Cc1ncc(CCN2CCC(n3cc(C#N)cn3)C2)o1. The molecule has 20 heavy (non-hydrogen) atoms. The molecule has 0 N–H and O–H groups in total. The van der Waals surface area contributed by atoms with Gasteiger partial charge in [-0.25, -0.2) is 4.98 Å². The van der Waals surface area contributed by atoms with Crippen molar-refractivity contribution in [1.82, 2.24) is 19.7 Å². The van der Waals surface area contributed by atoms with Crippen LogP contribution in [-0.4, -0.2) is 39.3 Å². The molecule has 1 aliphatic rings. The van der Waals surface area contributed by atoms with Crippen LogP contribution in [0.25, 0.3) is 0 Å². The number of likely N-dealkylation sites (tertiary alicyclic amines) is 1. The molecule has 1 aliphatic heterocycles. The maximum absolute atomic E-state index is 8.83. The molecule has 3 heterocycles. The van der Waals surface area contributed by atoms with E-state index in [0.29, 0.717) is 11.6 Å². The maximum Gasteiger partial charge on any atom is 0.191 e. The number of oxazole rings is 1. The molecule has 0 spiro atoms. The third-order valence-corrected chi connectivity index (χ3v) is 3.70.